The van der Waals surface area contributed by atoms with Crippen LogP contribution in [0, 0.1) is 0 Å². The molecular formula is C11H20N2O3. The fourth-order valence-corrected chi connectivity index (χ4v) is 2.13. The van der Waals surface area contributed by atoms with Crippen molar-refractivity contribution in [1.29, 1.82) is 0 Å². The zero-order valence-electron chi connectivity index (χ0n) is 9.54. The second kappa shape index (κ2) is 6.18. The number of carbonyl (C=O) groups excluding carboxylic acids is 1. The number of amides is 1. The molecule has 2 atom stereocenters. The minimum atomic E-state index is -0.412. The summed E-state index contributed by atoms with van der Waals surface area (Å²) >= 11 is 0. The minimum Gasteiger partial charge on any atom is -0.376 e. The second-order valence-electron chi connectivity index (χ2n) is 4.31. The Balaban J connectivity index is 1.59. The molecule has 0 bridgehead atoms. The minimum absolute atomic E-state index is 0.0438. The maximum absolute atomic E-state index is 11.6. The highest BCUT2D eigenvalue weighted by Gasteiger charge is 2.22. The Hall–Kier alpha value is -0.650. The van der Waals surface area contributed by atoms with Gasteiger partial charge in [0.1, 0.15) is 0 Å². The Kier molecular flexibility index (Phi) is 4.56. The van der Waals surface area contributed by atoms with Crippen molar-refractivity contribution in [1.82, 2.24) is 10.6 Å². The SMILES string of the molecule is O=C(NCC[C@@H]1CCCN1)C1COCCO1. The summed E-state index contributed by atoms with van der Waals surface area (Å²) in [6.07, 6.45) is 3.06. The van der Waals surface area contributed by atoms with E-state index >= 15 is 0 Å². The summed E-state index contributed by atoms with van der Waals surface area (Å²) in [6.45, 7) is 3.32. The maximum Gasteiger partial charge on any atom is 0.251 e. The molecule has 0 aromatic carbocycles. The molecular weight excluding hydrogens is 208 g/mol. The molecule has 5 nitrogen and oxygen atoms in total. The molecule has 0 aromatic heterocycles. The first kappa shape index (κ1) is 11.8. The smallest absolute Gasteiger partial charge is 0.251 e. The van der Waals surface area contributed by atoms with E-state index < -0.39 is 6.10 Å². The van der Waals surface area contributed by atoms with Crippen LogP contribution in [0.3, 0.4) is 0 Å². The first-order valence-electron chi connectivity index (χ1n) is 6.07. The van der Waals surface area contributed by atoms with E-state index in [1.807, 2.05) is 0 Å². The first-order chi connectivity index (χ1) is 7.86. The van der Waals surface area contributed by atoms with Crippen LogP contribution in [0.5, 0.6) is 0 Å². The highest BCUT2D eigenvalue weighted by atomic mass is 16.6. The van der Waals surface area contributed by atoms with E-state index in [0.717, 1.165) is 19.5 Å². The third-order valence-electron chi connectivity index (χ3n) is 3.06. The predicted molar refractivity (Wildman–Crippen MR) is 59.2 cm³/mol. The summed E-state index contributed by atoms with van der Waals surface area (Å²) < 4.78 is 10.5. The van der Waals surface area contributed by atoms with Gasteiger partial charge in [-0.15, -0.1) is 0 Å². The van der Waals surface area contributed by atoms with Crippen LogP contribution in [0.2, 0.25) is 0 Å². The Labute approximate surface area is 95.9 Å². The van der Waals surface area contributed by atoms with Crippen LogP contribution in [0.25, 0.3) is 0 Å². The van der Waals surface area contributed by atoms with Crippen LogP contribution in [-0.2, 0) is 14.3 Å². The second-order valence-corrected chi connectivity index (χ2v) is 4.31. The molecule has 1 amide bonds. The molecule has 2 heterocycles. The lowest BCUT2D eigenvalue weighted by Gasteiger charge is -2.22. The number of nitrogens with one attached hydrogen (secondary N) is 2. The molecule has 2 rings (SSSR count). The van der Waals surface area contributed by atoms with Crippen molar-refractivity contribution >= 4 is 5.91 Å². The van der Waals surface area contributed by atoms with E-state index in [0.29, 0.717) is 25.9 Å². The molecule has 92 valence electrons. The van der Waals surface area contributed by atoms with Gasteiger partial charge in [0.2, 0.25) is 0 Å². The number of hydrogen-bond acceptors (Lipinski definition) is 4. The molecule has 2 aliphatic rings. The average molecular weight is 228 g/mol. The topological polar surface area (TPSA) is 59.6 Å². The number of rotatable bonds is 4. The van der Waals surface area contributed by atoms with E-state index in [-0.39, 0.29) is 5.91 Å². The summed E-state index contributed by atoms with van der Waals surface area (Å²) in [5.74, 6) is -0.0438. The van der Waals surface area contributed by atoms with Crippen molar-refractivity contribution in [2.45, 2.75) is 31.4 Å². The van der Waals surface area contributed by atoms with E-state index in [4.69, 9.17) is 9.47 Å². The Morgan fingerprint density at radius 3 is 3.06 bits per heavy atom. The van der Waals surface area contributed by atoms with Crippen molar-refractivity contribution < 1.29 is 14.3 Å². The lowest BCUT2D eigenvalue weighted by molar-refractivity contribution is -0.147. The highest BCUT2D eigenvalue weighted by molar-refractivity contribution is 5.80. The molecule has 0 saturated carbocycles. The van der Waals surface area contributed by atoms with E-state index in [1.54, 1.807) is 0 Å². The molecule has 0 spiro atoms. The van der Waals surface area contributed by atoms with Crippen LogP contribution < -0.4 is 10.6 Å². The summed E-state index contributed by atoms with van der Waals surface area (Å²) in [5, 5.41) is 6.30. The van der Waals surface area contributed by atoms with Crippen LogP contribution in [0.4, 0.5) is 0 Å². The molecule has 5 heteroatoms. The monoisotopic (exact) mass is 228 g/mol. The molecule has 16 heavy (non-hydrogen) atoms. The Morgan fingerprint density at radius 2 is 2.38 bits per heavy atom. The van der Waals surface area contributed by atoms with E-state index in [1.165, 1.54) is 12.8 Å². The predicted octanol–water partition coefficient (Wildman–Crippen LogP) is -0.340. The summed E-state index contributed by atoms with van der Waals surface area (Å²) in [4.78, 5) is 11.6. The Morgan fingerprint density at radius 1 is 1.44 bits per heavy atom. The fraction of sp³-hybridized carbons (Fsp3) is 0.909. The van der Waals surface area contributed by atoms with Crippen molar-refractivity contribution in [3.05, 3.63) is 0 Å². The summed E-state index contributed by atoms with van der Waals surface area (Å²) in [5.41, 5.74) is 0. The molecule has 1 unspecified atom stereocenters. The molecule has 2 saturated heterocycles. The molecule has 2 aliphatic heterocycles. The van der Waals surface area contributed by atoms with Crippen molar-refractivity contribution in [3.63, 3.8) is 0 Å². The van der Waals surface area contributed by atoms with Gasteiger partial charge >= 0.3 is 0 Å². The summed E-state index contributed by atoms with van der Waals surface area (Å²) in [7, 11) is 0. The number of carbonyl (C=O) groups is 1. The van der Waals surface area contributed by atoms with Gasteiger partial charge in [0.15, 0.2) is 6.10 Å². The van der Waals surface area contributed by atoms with Gasteiger partial charge < -0.3 is 20.1 Å². The molecule has 0 aromatic rings. The average Bonchev–Trinajstić information content (AvgIpc) is 2.83. The van der Waals surface area contributed by atoms with Gasteiger partial charge in [0.25, 0.3) is 5.91 Å². The maximum atomic E-state index is 11.6. The fourth-order valence-electron chi connectivity index (χ4n) is 2.13. The van der Waals surface area contributed by atoms with Crippen molar-refractivity contribution in [2.24, 2.45) is 0 Å². The van der Waals surface area contributed by atoms with Gasteiger partial charge in [-0.1, -0.05) is 0 Å². The molecule has 2 N–H and O–H groups in total. The van der Waals surface area contributed by atoms with Crippen LogP contribution >= 0.6 is 0 Å². The highest BCUT2D eigenvalue weighted by Crippen LogP contribution is 2.07. The van der Waals surface area contributed by atoms with Gasteiger partial charge in [0.05, 0.1) is 19.8 Å². The van der Waals surface area contributed by atoms with Crippen LogP contribution in [0.1, 0.15) is 19.3 Å². The summed E-state index contributed by atoms with van der Waals surface area (Å²) in [6, 6.07) is 0.573. The van der Waals surface area contributed by atoms with Gasteiger partial charge in [0, 0.05) is 12.6 Å². The number of ether oxygens (including phenoxy) is 2. The van der Waals surface area contributed by atoms with E-state index in [2.05, 4.69) is 10.6 Å². The quantitative estimate of drug-likeness (QED) is 0.691. The largest absolute Gasteiger partial charge is 0.376 e. The zero-order chi connectivity index (χ0) is 11.2. The lowest BCUT2D eigenvalue weighted by atomic mass is 10.1. The standard InChI is InChI=1S/C11H20N2O3/c14-11(10-8-15-6-7-16-10)13-5-3-9-2-1-4-12-9/h9-10,12H,1-8H2,(H,13,14)/t9-,10?/m0/s1. The molecule has 2 fully saturated rings. The third kappa shape index (κ3) is 3.43. The Bertz CT molecular complexity index is 223. The van der Waals surface area contributed by atoms with Crippen LogP contribution in [-0.4, -0.2) is 51.0 Å². The van der Waals surface area contributed by atoms with Crippen LogP contribution in [0.15, 0.2) is 0 Å². The normalized spacial score (nSPS) is 30.2. The van der Waals surface area contributed by atoms with Gasteiger partial charge in [-0.25, -0.2) is 0 Å². The van der Waals surface area contributed by atoms with Gasteiger partial charge in [-0.05, 0) is 25.8 Å². The lowest BCUT2D eigenvalue weighted by Crippen LogP contribution is -2.43. The van der Waals surface area contributed by atoms with Gasteiger partial charge in [-0.2, -0.15) is 0 Å². The van der Waals surface area contributed by atoms with Gasteiger partial charge in [-0.3, -0.25) is 4.79 Å². The molecule has 0 aliphatic carbocycles. The van der Waals surface area contributed by atoms with E-state index in [9.17, 15) is 4.79 Å². The first-order valence-corrected chi connectivity index (χ1v) is 6.07. The molecule has 0 radical (unpaired) electrons. The van der Waals surface area contributed by atoms with Crippen molar-refractivity contribution in [2.75, 3.05) is 32.9 Å². The zero-order valence-corrected chi connectivity index (χ0v) is 9.54. The third-order valence-corrected chi connectivity index (χ3v) is 3.06. The van der Waals surface area contributed by atoms with Crippen molar-refractivity contribution in [3.8, 4) is 0 Å². The number of hydrogen-bond donors (Lipinski definition) is 2.